The molecule has 122 valence electrons. The lowest BCUT2D eigenvalue weighted by Crippen LogP contribution is -2.43. The van der Waals surface area contributed by atoms with E-state index in [4.69, 9.17) is 23.4 Å². The molecule has 0 aliphatic rings. The van der Waals surface area contributed by atoms with Crippen LogP contribution in [0.15, 0.2) is 12.7 Å². The molecule has 1 atom stereocenters. The minimum Gasteiger partial charge on any atom is -0.460 e. The summed E-state index contributed by atoms with van der Waals surface area (Å²) in [7, 11) is 0.111. The van der Waals surface area contributed by atoms with Crippen LogP contribution in [0.1, 0.15) is 34.1 Å². The predicted molar refractivity (Wildman–Crippen MR) is 79.6 cm³/mol. The van der Waals surface area contributed by atoms with Crippen LogP contribution in [0.5, 0.6) is 0 Å². The number of carbonyl (C=O) groups excluding carboxylic acids is 1. The van der Waals surface area contributed by atoms with Crippen molar-refractivity contribution >= 4 is 15.7 Å². The average Bonchev–Trinajstić information content (AvgIpc) is 2.44. The molecule has 0 amide bonds. The lowest BCUT2D eigenvalue weighted by atomic mass is 10.3. The van der Waals surface area contributed by atoms with Gasteiger partial charge < -0.3 is 23.4 Å². The summed E-state index contributed by atoms with van der Waals surface area (Å²) in [6.07, 6.45) is 0.211. The molecule has 2 radical (unpaired) electrons. The Morgan fingerprint density at radius 3 is 2.14 bits per heavy atom. The van der Waals surface area contributed by atoms with Crippen molar-refractivity contribution in [1.82, 2.24) is 0 Å². The van der Waals surface area contributed by atoms with Gasteiger partial charge in [0, 0.05) is 6.08 Å². The third kappa shape index (κ3) is 9.00. The van der Waals surface area contributed by atoms with Gasteiger partial charge in [-0.15, -0.1) is 0 Å². The molecule has 0 saturated carbocycles. The lowest BCUT2D eigenvalue weighted by Gasteiger charge is -2.31. The molecule has 0 N–H and O–H groups in total. The predicted octanol–water partition coefficient (Wildman–Crippen LogP) is 2.27. The number of carbonyl (C=O) groups is 1. The van der Waals surface area contributed by atoms with Crippen LogP contribution in [0.4, 0.5) is 0 Å². The third-order valence-electron chi connectivity index (χ3n) is 2.30. The first-order valence-electron chi connectivity index (χ1n) is 7.19. The second kappa shape index (κ2) is 11.9. The molecule has 0 aromatic carbocycles. The zero-order valence-corrected chi connectivity index (χ0v) is 14.3. The zero-order chi connectivity index (χ0) is 16.1. The Balaban J connectivity index is 4.17. The first kappa shape index (κ1) is 20.3. The van der Waals surface area contributed by atoms with Gasteiger partial charge in [0.05, 0.1) is 25.9 Å². The van der Waals surface area contributed by atoms with E-state index in [9.17, 15) is 4.79 Å². The van der Waals surface area contributed by atoms with Gasteiger partial charge in [0.15, 0.2) is 0 Å². The standard InChI is InChI=1S/C14H26O6Si/c1-6-13(15)19-12(5)10-11-21-20-14(16-7-2,17-8-3)18-9-4/h6,12H,1,7-11H2,2-5H3. The number of esters is 1. The third-order valence-corrected chi connectivity index (χ3v) is 3.18. The van der Waals surface area contributed by atoms with Crippen molar-refractivity contribution in [3.05, 3.63) is 12.7 Å². The monoisotopic (exact) mass is 318 g/mol. The fourth-order valence-corrected chi connectivity index (χ4v) is 2.43. The van der Waals surface area contributed by atoms with E-state index in [2.05, 4.69) is 6.58 Å². The van der Waals surface area contributed by atoms with E-state index in [1.54, 1.807) is 0 Å². The van der Waals surface area contributed by atoms with Crippen LogP contribution >= 0.6 is 0 Å². The van der Waals surface area contributed by atoms with Gasteiger partial charge in [-0.25, -0.2) is 4.79 Å². The summed E-state index contributed by atoms with van der Waals surface area (Å²) in [4.78, 5) is 11.0. The molecule has 0 spiro atoms. The molecule has 0 heterocycles. The van der Waals surface area contributed by atoms with Gasteiger partial charge in [0.1, 0.15) is 0 Å². The van der Waals surface area contributed by atoms with E-state index < -0.39 is 12.1 Å². The van der Waals surface area contributed by atoms with E-state index in [0.29, 0.717) is 32.3 Å². The molecule has 0 bridgehead atoms. The van der Waals surface area contributed by atoms with Gasteiger partial charge in [-0.05, 0) is 40.2 Å². The topological polar surface area (TPSA) is 63.2 Å². The quantitative estimate of drug-likeness (QED) is 0.171. The molecule has 1 unspecified atom stereocenters. The van der Waals surface area contributed by atoms with Gasteiger partial charge in [-0.3, -0.25) is 0 Å². The van der Waals surface area contributed by atoms with E-state index in [1.165, 1.54) is 0 Å². The van der Waals surface area contributed by atoms with E-state index in [1.807, 2.05) is 27.7 Å². The highest BCUT2D eigenvalue weighted by Gasteiger charge is 2.34. The molecular formula is C14H26O6Si. The number of hydrogen-bond donors (Lipinski definition) is 0. The smallest absolute Gasteiger partial charge is 0.402 e. The van der Waals surface area contributed by atoms with Crippen LogP contribution < -0.4 is 0 Å². The summed E-state index contributed by atoms with van der Waals surface area (Å²) in [5.41, 5.74) is 0. The van der Waals surface area contributed by atoms with Crippen LogP contribution in [-0.2, 0) is 28.2 Å². The van der Waals surface area contributed by atoms with Crippen molar-refractivity contribution in [2.24, 2.45) is 0 Å². The fraction of sp³-hybridized carbons (Fsp3) is 0.786. The van der Waals surface area contributed by atoms with Crippen LogP contribution in [-0.4, -0.2) is 47.8 Å². The van der Waals surface area contributed by atoms with Crippen molar-refractivity contribution in [2.75, 3.05) is 19.8 Å². The minimum atomic E-state index is -1.43. The second-order valence-corrected chi connectivity index (χ2v) is 5.03. The Morgan fingerprint density at radius 2 is 1.71 bits per heavy atom. The van der Waals surface area contributed by atoms with Gasteiger partial charge in [0.25, 0.3) is 0 Å². The summed E-state index contributed by atoms with van der Waals surface area (Å²) in [5.74, 6) is -0.418. The average molecular weight is 318 g/mol. The van der Waals surface area contributed by atoms with Gasteiger partial charge in [-0.2, -0.15) is 0 Å². The van der Waals surface area contributed by atoms with Crippen molar-refractivity contribution < 1.29 is 28.2 Å². The van der Waals surface area contributed by atoms with Gasteiger partial charge in [0.2, 0.25) is 9.76 Å². The van der Waals surface area contributed by atoms with Crippen molar-refractivity contribution in [1.29, 1.82) is 0 Å². The second-order valence-electron chi connectivity index (χ2n) is 4.04. The highest BCUT2D eigenvalue weighted by atomic mass is 28.2. The Bertz CT molecular complexity index is 280. The zero-order valence-electron chi connectivity index (χ0n) is 13.3. The Morgan fingerprint density at radius 1 is 1.19 bits per heavy atom. The Labute approximate surface area is 129 Å². The Kier molecular flexibility index (Phi) is 11.5. The lowest BCUT2D eigenvalue weighted by molar-refractivity contribution is -0.469. The molecule has 6 nitrogen and oxygen atoms in total. The molecule has 21 heavy (non-hydrogen) atoms. The molecule has 0 aliphatic carbocycles. The molecule has 0 aromatic heterocycles. The van der Waals surface area contributed by atoms with Crippen molar-refractivity contribution in [3.8, 4) is 0 Å². The Hall–Kier alpha value is -0.733. The maximum atomic E-state index is 11.0. The van der Waals surface area contributed by atoms with Crippen LogP contribution in [0.25, 0.3) is 0 Å². The molecule has 0 aliphatic heterocycles. The highest BCUT2D eigenvalue weighted by molar-refractivity contribution is 6.27. The number of hydrogen-bond acceptors (Lipinski definition) is 6. The summed E-state index contributed by atoms with van der Waals surface area (Å²) in [6, 6.07) is 0.709. The first-order valence-corrected chi connectivity index (χ1v) is 8.30. The summed E-state index contributed by atoms with van der Waals surface area (Å²) in [5, 5.41) is 0. The van der Waals surface area contributed by atoms with E-state index >= 15 is 0 Å². The molecule has 0 fully saturated rings. The molecule has 0 saturated heterocycles. The highest BCUT2D eigenvalue weighted by Crippen LogP contribution is 2.18. The minimum absolute atomic E-state index is 0.111. The van der Waals surface area contributed by atoms with Crippen molar-refractivity contribution in [2.45, 2.75) is 52.4 Å². The van der Waals surface area contributed by atoms with Crippen LogP contribution in [0.2, 0.25) is 6.04 Å². The van der Waals surface area contributed by atoms with Crippen molar-refractivity contribution in [3.63, 3.8) is 0 Å². The summed E-state index contributed by atoms with van der Waals surface area (Å²) >= 11 is 0. The largest absolute Gasteiger partial charge is 0.460 e. The maximum absolute atomic E-state index is 11.0. The number of ether oxygens (including phenoxy) is 4. The van der Waals surface area contributed by atoms with Gasteiger partial charge in [-0.1, -0.05) is 6.58 Å². The molecule has 0 aromatic rings. The van der Waals surface area contributed by atoms with Crippen LogP contribution in [0.3, 0.4) is 0 Å². The molecule has 0 rings (SSSR count). The van der Waals surface area contributed by atoms with E-state index in [0.717, 1.165) is 6.08 Å². The summed E-state index contributed by atoms with van der Waals surface area (Å²) in [6.45, 7) is 12.0. The van der Waals surface area contributed by atoms with E-state index in [-0.39, 0.29) is 15.9 Å². The van der Waals surface area contributed by atoms with Crippen LogP contribution in [0, 0.1) is 0 Å². The fourth-order valence-electron chi connectivity index (χ4n) is 1.45. The normalized spacial score (nSPS) is 13.0. The number of rotatable bonds is 13. The summed E-state index contributed by atoms with van der Waals surface area (Å²) < 4.78 is 27.0. The SMILES string of the molecule is C=CC(=O)OC(C)CC[Si]OC(OCC)(OCC)OCC. The van der Waals surface area contributed by atoms with Gasteiger partial charge >= 0.3 is 12.1 Å². The first-order chi connectivity index (χ1) is 10.0. The molecular weight excluding hydrogens is 292 g/mol. The maximum Gasteiger partial charge on any atom is 0.402 e. The molecule has 7 heteroatoms.